The summed E-state index contributed by atoms with van der Waals surface area (Å²) < 4.78 is 0. The Morgan fingerprint density at radius 3 is 1.27 bits per heavy atom. The van der Waals surface area contributed by atoms with E-state index in [2.05, 4.69) is 14.0 Å². The van der Waals surface area contributed by atoms with E-state index in [1.165, 1.54) is 0 Å². The maximum absolute atomic E-state index is 9.31. The van der Waals surface area contributed by atoms with Gasteiger partial charge in [0.15, 0.2) is 0 Å². The second-order valence-electron chi connectivity index (χ2n) is 0.506. The summed E-state index contributed by atoms with van der Waals surface area (Å²) in [5.74, 6) is 0. The Hall–Kier alpha value is 3.69. The number of amides is 2. The van der Waals surface area contributed by atoms with Crippen molar-refractivity contribution < 1.29 is 136 Å². The zero-order valence-corrected chi connectivity index (χ0v) is 18.0. The van der Waals surface area contributed by atoms with Crippen molar-refractivity contribution in [2.45, 2.75) is 6.92 Å². The molecular weight excluding hydrogens is 448 g/mol. The van der Waals surface area contributed by atoms with Crippen LogP contribution in [0.1, 0.15) is 6.92 Å². The van der Waals surface area contributed by atoms with Crippen molar-refractivity contribution in [1.82, 2.24) is 5.32 Å². The first-order valence-corrected chi connectivity index (χ1v) is 1.76. The monoisotopic (exact) mass is 457 g/mol. The van der Waals surface area contributed by atoms with E-state index < -0.39 is 6.03 Å². The molecule has 0 aromatic heterocycles. The van der Waals surface area contributed by atoms with Gasteiger partial charge in [0.1, 0.15) is 6.03 Å². The summed E-state index contributed by atoms with van der Waals surface area (Å²) in [5, 5.41) is 1.81. The molecule has 3 nitrogen and oxygen atoms in total. The number of hydrogen-bond donors (Lipinski definition) is 1. The fourth-order valence-corrected chi connectivity index (χ4v) is 0. The van der Waals surface area contributed by atoms with Gasteiger partial charge in [0.25, 0.3) is 0 Å². The van der Waals surface area contributed by atoms with E-state index in [-0.39, 0.29) is 131 Å². The Kier molecular flexibility index (Phi) is 124. The molecule has 0 rings (SSSR count). The summed E-state index contributed by atoms with van der Waals surface area (Å²) in [5.41, 5.74) is 6.01. The molecule has 2 N–H and O–H groups in total. The molecule has 0 aliphatic carbocycles. The molecule has 0 fully saturated rings. The van der Waals surface area contributed by atoms with Gasteiger partial charge < -0.3 is 29.8 Å². The average Bonchev–Trinajstić information content (AvgIpc) is 1.73. The van der Waals surface area contributed by atoms with Crippen molar-refractivity contribution in [3.63, 3.8) is 0 Å². The maximum atomic E-state index is 9.31. The minimum Gasteiger partial charge on any atom is -0.602 e. The third-order valence-electron chi connectivity index (χ3n) is 0.161. The van der Waals surface area contributed by atoms with Gasteiger partial charge in [-0.15, -0.1) is 0 Å². The smallest absolute Gasteiger partial charge is 0.121 e. The van der Waals surface area contributed by atoms with E-state index in [4.69, 9.17) is 5.73 Å². The first-order chi connectivity index (χ1) is 3.27. The third kappa shape index (κ3) is 57.8. The largest absolute Gasteiger partial charge is 0.602 e. The molecule has 0 aliphatic rings. The van der Waals surface area contributed by atoms with Crippen LogP contribution in [0.15, 0.2) is 0 Å². The SMILES string of the molecule is [CH2-]C.[CH2-]NC([NH-])=O.[Y].[Y].[Y].[Y]. The van der Waals surface area contributed by atoms with Gasteiger partial charge in [-0.05, 0) is 0 Å². The fraction of sp³-hybridized carbons (Fsp3) is 0.250. The molecule has 0 saturated heterocycles. The van der Waals surface area contributed by atoms with Crippen LogP contribution in [0.3, 0.4) is 0 Å². The molecule has 0 saturated carbocycles. The van der Waals surface area contributed by atoms with Crippen LogP contribution in [0.2, 0.25) is 0 Å². The molecule has 4 radical (unpaired) electrons. The van der Waals surface area contributed by atoms with E-state index in [1.807, 2.05) is 0 Å². The van der Waals surface area contributed by atoms with Gasteiger partial charge in [0, 0.05) is 131 Å². The van der Waals surface area contributed by atoms with Crippen LogP contribution in [-0.4, -0.2) is 6.03 Å². The van der Waals surface area contributed by atoms with Crippen LogP contribution in [-0.2, 0) is 131 Å². The van der Waals surface area contributed by atoms with Crippen LogP contribution < -0.4 is 5.32 Å². The van der Waals surface area contributed by atoms with Crippen LogP contribution >= 0.6 is 0 Å². The van der Waals surface area contributed by atoms with Crippen molar-refractivity contribution in [3.05, 3.63) is 19.7 Å². The number of nitrogens with one attached hydrogen (secondary N) is 2. The Balaban J connectivity index is -0.00000000972. The van der Waals surface area contributed by atoms with Gasteiger partial charge in [0.2, 0.25) is 0 Å². The molecule has 0 heterocycles. The summed E-state index contributed by atoms with van der Waals surface area (Å²) in [6.45, 7) is 5.00. The minimum atomic E-state index is -0.856. The van der Waals surface area contributed by atoms with Gasteiger partial charge in [-0.3, -0.25) is 0 Å². The van der Waals surface area contributed by atoms with Crippen LogP contribution in [0, 0.1) is 14.0 Å². The molecule has 0 spiro atoms. The van der Waals surface area contributed by atoms with Crippen LogP contribution in [0.4, 0.5) is 4.79 Å². The molecule has 0 unspecified atom stereocenters. The number of urea groups is 1. The number of hydrogen-bond acceptors (Lipinski definition) is 1. The van der Waals surface area contributed by atoms with Crippen LogP contribution in [0.5, 0.6) is 0 Å². The van der Waals surface area contributed by atoms with Gasteiger partial charge in [-0.1, -0.05) is 0 Å². The van der Waals surface area contributed by atoms with Gasteiger partial charge in [-0.25, -0.2) is 0 Å². The average molecular weight is 457 g/mol. The first-order valence-electron chi connectivity index (χ1n) is 1.76. The summed E-state index contributed by atoms with van der Waals surface area (Å²) in [6, 6.07) is -0.856. The molecule has 0 aliphatic heterocycles. The van der Waals surface area contributed by atoms with Crippen molar-refractivity contribution in [2.75, 3.05) is 0 Å². The zero-order valence-electron chi connectivity index (χ0n) is 6.63. The summed E-state index contributed by atoms with van der Waals surface area (Å²) in [4.78, 5) is 9.31. The predicted molar refractivity (Wildman–Crippen MR) is 29.2 cm³/mol. The number of carbonyl (C=O) groups excluding carboxylic acids is 1. The first kappa shape index (κ1) is 36.5. The fourth-order valence-electron chi connectivity index (χ4n) is 0. The molecule has 11 heavy (non-hydrogen) atoms. The standard InChI is InChI=1S/C2H5N2O.C2H5.4Y/c1-4-2(3)5;1-2;;;;/h1H2,(H3,3,4,5);1H2,2H3;;;;/q2*-1;;;;/p-1. The van der Waals surface area contributed by atoms with Crippen molar-refractivity contribution in [3.8, 4) is 0 Å². The molecule has 2 amide bonds. The molecule has 56 valence electrons. The number of carbonyl (C=O) groups is 1. The molecule has 0 aromatic rings. The van der Waals surface area contributed by atoms with Crippen molar-refractivity contribution >= 4 is 6.03 Å². The molecular formula is C4H9N2OY4-3. The van der Waals surface area contributed by atoms with E-state index in [0.29, 0.717) is 0 Å². The summed E-state index contributed by atoms with van der Waals surface area (Å²) in [6.07, 6.45) is 0. The molecule has 7 heteroatoms. The van der Waals surface area contributed by atoms with Gasteiger partial charge in [0.05, 0.1) is 0 Å². The Morgan fingerprint density at radius 1 is 1.18 bits per heavy atom. The second-order valence-corrected chi connectivity index (χ2v) is 0.506. The topological polar surface area (TPSA) is 52.9 Å². The quantitative estimate of drug-likeness (QED) is 0.550. The molecule has 0 aromatic carbocycles. The molecule has 0 atom stereocenters. The van der Waals surface area contributed by atoms with E-state index in [1.54, 1.807) is 12.2 Å². The molecule has 0 bridgehead atoms. The maximum Gasteiger partial charge on any atom is 0.121 e. The minimum absolute atomic E-state index is 0. The van der Waals surface area contributed by atoms with Crippen molar-refractivity contribution in [2.24, 2.45) is 0 Å². The number of rotatable bonds is 0. The van der Waals surface area contributed by atoms with E-state index in [9.17, 15) is 4.79 Å². The van der Waals surface area contributed by atoms with E-state index >= 15 is 0 Å². The zero-order chi connectivity index (χ0) is 6.28. The Morgan fingerprint density at radius 2 is 1.27 bits per heavy atom. The third-order valence-corrected chi connectivity index (χ3v) is 0.161. The Bertz CT molecular complexity index is 55.4. The predicted octanol–water partition coefficient (Wildman–Crippen LogP) is 1.37. The van der Waals surface area contributed by atoms with Crippen molar-refractivity contribution in [1.29, 1.82) is 0 Å². The second kappa shape index (κ2) is 37.3. The normalized spacial score (nSPS) is 3.55. The van der Waals surface area contributed by atoms with Gasteiger partial charge in [-0.2, -0.15) is 6.92 Å². The van der Waals surface area contributed by atoms with Crippen LogP contribution in [0.25, 0.3) is 5.73 Å². The Labute approximate surface area is 169 Å². The summed E-state index contributed by atoms with van der Waals surface area (Å²) >= 11 is 0. The van der Waals surface area contributed by atoms with E-state index in [0.717, 1.165) is 0 Å². The van der Waals surface area contributed by atoms with Gasteiger partial charge >= 0.3 is 0 Å². The summed E-state index contributed by atoms with van der Waals surface area (Å²) in [7, 11) is 2.90.